The number of hydrogen-bond donors (Lipinski definition) is 3. The molecule has 0 fully saturated rings. The molecule has 3 aromatic carbocycles. The maximum atomic E-state index is 6.23. The van der Waals surface area contributed by atoms with Crippen LogP contribution in [0.15, 0.2) is 103 Å². The molecule has 8 rings (SSSR count). The molecule has 1 atom stereocenters. The molecule has 5 aromatic rings. The van der Waals surface area contributed by atoms with Gasteiger partial charge in [-0.05, 0) is 84.4 Å². The third-order valence-corrected chi connectivity index (χ3v) is 8.18. The zero-order valence-corrected chi connectivity index (χ0v) is 20.8. The maximum absolute atomic E-state index is 6.23. The van der Waals surface area contributed by atoms with Gasteiger partial charge in [-0.1, -0.05) is 36.4 Å². The Kier molecular flexibility index (Phi) is 4.67. The summed E-state index contributed by atoms with van der Waals surface area (Å²) in [7, 11) is 0. The number of aliphatic imine (C=N–C) groups is 1. The van der Waals surface area contributed by atoms with E-state index < -0.39 is 0 Å². The average molecular weight is 505 g/mol. The summed E-state index contributed by atoms with van der Waals surface area (Å²) in [5.41, 5.74) is 7.22. The molecule has 2 aromatic heterocycles. The molecule has 6 nitrogen and oxygen atoms in total. The van der Waals surface area contributed by atoms with Gasteiger partial charge in [-0.25, -0.2) is 0 Å². The second-order valence-electron chi connectivity index (χ2n) is 9.66. The first-order chi connectivity index (χ1) is 18.3. The van der Waals surface area contributed by atoms with E-state index in [0.29, 0.717) is 0 Å². The van der Waals surface area contributed by atoms with E-state index in [2.05, 4.69) is 70.5 Å². The molecule has 0 amide bonds. The van der Waals surface area contributed by atoms with Crippen LogP contribution in [-0.2, 0) is 6.42 Å². The number of furan rings is 2. The molecule has 7 heteroatoms. The molecule has 37 heavy (non-hydrogen) atoms. The molecule has 0 saturated heterocycles. The Hall–Kier alpha value is -4.10. The van der Waals surface area contributed by atoms with Crippen molar-refractivity contribution in [3.8, 4) is 0 Å². The van der Waals surface area contributed by atoms with Gasteiger partial charge in [0.15, 0.2) is 22.5 Å². The van der Waals surface area contributed by atoms with Crippen LogP contribution in [0.25, 0.3) is 10.8 Å². The van der Waals surface area contributed by atoms with Gasteiger partial charge in [-0.2, -0.15) is 0 Å². The van der Waals surface area contributed by atoms with Gasteiger partial charge in [0.25, 0.3) is 0 Å². The summed E-state index contributed by atoms with van der Waals surface area (Å²) in [6, 6.07) is 27.1. The summed E-state index contributed by atoms with van der Waals surface area (Å²) in [6.45, 7) is 0. The lowest BCUT2D eigenvalue weighted by atomic mass is 9.87. The van der Waals surface area contributed by atoms with Gasteiger partial charge in [0.1, 0.15) is 11.5 Å². The Bertz CT molecular complexity index is 1660. The number of benzene rings is 3. The lowest BCUT2D eigenvalue weighted by Gasteiger charge is -2.29. The summed E-state index contributed by atoms with van der Waals surface area (Å²) >= 11 is 1.48. The Morgan fingerprint density at radius 3 is 2.22 bits per heavy atom. The van der Waals surface area contributed by atoms with Gasteiger partial charge in [0.05, 0.1) is 0 Å². The van der Waals surface area contributed by atoms with Gasteiger partial charge >= 0.3 is 0 Å². The number of nitrogens with zero attached hydrogens (tertiary/aromatic N) is 1. The highest BCUT2D eigenvalue weighted by Gasteiger charge is 2.28. The maximum Gasteiger partial charge on any atom is 0.177 e. The first-order valence-electron chi connectivity index (χ1n) is 12.7. The highest BCUT2D eigenvalue weighted by atomic mass is 32.2. The fraction of sp³-hybridized carbons (Fsp3) is 0.167. The minimum Gasteiger partial charge on any atom is -0.450 e. The van der Waals surface area contributed by atoms with Crippen LogP contribution in [0.5, 0.6) is 0 Å². The van der Waals surface area contributed by atoms with Crippen molar-refractivity contribution in [2.75, 3.05) is 16.0 Å². The van der Waals surface area contributed by atoms with Gasteiger partial charge in [-0.15, -0.1) is 0 Å². The van der Waals surface area contributed by atoms with Crippen molar-refractivity contribution >= 4 is 45.3 Å². The van der Waals surface area contributed by atoms with Crippen LogP contribution in [0.2, 0.25) is 0 Å². The van der Waals surface area contributed by atoms with Crippen LogP contribution < -0.4 is 16.0 Å². The van der Waals surface area contributed by atoms with Crippen LogP contribution in [0.1, 0.15) is 47.8 Å². The molecule has 182 valence electrons. The number of anilines is 3. The van der Waals surface area contributed by atoms with Crippen LogP contribution in [0, 0.1) is 0 Å². The highest BCUT2D eigenvalue weighted by molar-refractivity contribution is 7.99. The largest absolute Gasteiger partial charge is 0.450 e. The third kappa shape index (κ3) is 3.53. The number of nitrogens with one attached hydrogen (secondary N) is 3. The van der Waals surface area contributed by atoms with E-state index in [-0.39, 0.29) is 12.3 Å². The van der Waals surface area contributed by atoms with Gasteiger partial charge in [0.2, 0.25) is 0 Å². The van der Waals surface area contributed by atoms with Crippen LogP contribution in [0.4, 0.5) is 17.1 Å². The SMILES string of the molecule is c1cc2c3c(c1)NC(c1ccc(Sc4ccc(C5Nc6cccc7cccc(c67)N5)o4)o1)N=C3CCC2. The topological polar surface area (TPSA) is 74.7 Å². The van der Waals surface area contributed by atoms with Crippen molar-refractivity contribution in [3.63, 3.8) is 0 Å². The van der Waals surface area contributed by atoms with E-state index in [0.717, 1.165) is 58.0 Å². The van der Waals surface area contributed by atoms with Crippen molar-refractivity contribution in [3.05, 3.63) is 102 Å². The Balaban J connectivity index is 1.01. The van der Waals surface area contributed by atoms with E-state index in [1.165, 1.54) is 39.4 Å². The lowest BCUT2D eigenvalue weighted by molar-refractivity contribution is 0.401. The second-order valence-corrected chi connectivity index (χ2v) is 10.7. The number of rotatable bonds is 4. The summed E-state index contributed by atoms with van der Waals surface area (Å²) < 4.78 is 12.5. The smallest absolute Gasteiger partial charge is 0.177 e. The number of hydrogen-bond acceptors (Lipinski definition) is 7. The molecule has 1 aliphatic carbocycles. The molecule has 0 radical (unpaired) electrons. The van der Waals surface area contributed by atoms with E-state index >= 15 is 0 Å². The van der Waals surface area contributed by atoms with Crippen LogP contribution in [0.3, 0.4) is 0 Å². The summed E-state index contributed by atoms with van der Waals surface area (Å²) in [6.07, 6.45) is 2.92. The van der Waals surface area contributed by atoms with Crippen molar-refractivity contribution in [1.29, 1.82) is 0 Å². The predicted octanol–water partition coefficient (Wildman–Crippen LogP) is 7.96. The van der Waals surface area contributed by atoms with Crippen molar-refractivity contribution in [2.45, 2.75) is 41.8 Å². The summed E-state index contributed by atoms with van der Waals surface area (Å²) in [5.74, 6) is 1.63. The Labute approximate surface area is 218 Å². The molecule has 0 spiro atoms. The first-order valence-corrected chi connectivity index (χ1v) is 13.5. The zero-order chi connectivity index (χ0) is 24.3. The fourth-order valence-electron chi connectivity index (χ4n) is 5.69. The third-order valence-electron chi connectivity index (χ3n) is 7.34. The molecule has 4 heterocycles. The normalized spacial score (nSPS) is 17.9. The molecule has 1 unspecified atom stereocenters. The lowest BCUT2D eigenvalue weighted by Crippen LogP contribution is -2.23. The predicted molar refractivity (Wildman–Crippen MR) is 148 cm³/mol. The first kappa shape index (κ1) is 21.0. The van der Waals surface area contributed by atoms with Crippen molar-refractivity contribution < 1.29 is 8.83 Å². The van der Waals surface area contributed by atoms with Crippen LogP contribution >= 0.6 is 11.8 Å². The minimum absolute atomic E-state index is 0.148. The van der Waals surface area contributed by atoms with Gasteiger partial charge < -0.3 is 24.8 Å². The second kappa shape index (κ2) is 8.21. The molecular weight excluding hydrogens is 480 g/mol. The molecule has 2 aliphatic heterocycles. The highest BCUT2D eigenvalue weighted by Crippen LogP contribution is 2.41. The molecular formula is C30H24N4O2S. The quantitative estimate of drug-likeness (QED) is 0.230. The molecule has 0 bridgehead atoms. The van der Waals surface area contributed by atoms with E-state index in [9.17, 15) is 0 Å². The zero-order valence-electron chi connectivity index (χ0n) is 20.0. The number of aryl methyl sites for hydroxylation is 1. The van der Waals surface area contributed by atoms with E-state index in [1.54, 1.807) is 0 Å². The van der Waals surface area contributed by atoms with Gasteiger partial charge in [0, 0.05) is 33.7 Å². The van der Waals surface area contributed by atoms with E-state index in [1.807, 2.05) is 24.3 Å². The summed E-state index contributed by atoms with van der Waals surface area (Å²) in [5, 5.41) is 14.7. The summed E-state index contributed by atoms with van der Waals surface area (Å²) in [4.78, 5) is 5.01. The Morgan fingerprint density at radius 2 is 1.41 bits per heavy atom. The monoisotopic (exact) mass is 504 g/mol. The minimum atomic E-state index is -0.212. The fourth-order valence-corrected chi connectivity index (χ4v) is 6.44. The van der Waals surface area contributed by atoms with Crippen molar-refractivity contribution in [1.82, 2.24) is 0 Å². The average Bonchev–Trinajstić information content (AvgIpc) is 3.60. The Morgan fingerprint density at radius 1 is 0.703 bits per heavy atom. The molecule has 3 aliphatic rings. The van der Waals surface area contributed by atoms with Gasteiger partial charge in [-0.3, -0.25) is 4.99 Å². The van der Waals surface area contributed by atoms with E-state index in [4.69, 9.17) is 13.8 Å². The molecule has 3 N–H and O–H groups in total. The van der Waals surface area contributed by atoms with Crippen LogP contribution in [-0.4, -0.2) is 5.71 Å². The van der Waals surface area contributed by atoms with Crippen molar-refractivity contribution in [2.24, 2.45) is 4.99 Å². The standard InChI is InChI=1S/C30H24N4O2S/c1-5-17-6-2-10-20-27(17)19(9-1)31-29(32-20)23-13-15-25(35-23)37-26-16-14-24(36-26)30-33-21-11-3-7-18-8-4-12-22(34-30)28(18)21/h1-3,5-7,9-11,13-16,29-33H,4,8,12H2. The molecule has 0 saturated carbocycles.